The summed E-state index contributed by atoms with van der Waals surface area (Å²) in [6.45, 7) is 2.87. The summed E-state index contributed by atoms with van der Waals surface area (Å²) in [4.78, 5) is 0. The molecule has 2 nitrogen and oxygen atoms in total. The van der Waals surface area contributed by atoms with Crippen LogP contribution in [-0.4, -0.2) is 17.8 Å². The highest BCUT2D eigenvalue weighted by molar-refractivity contribution is 5.26. The number of hydrogen-bond donors (Lipinski definition) is 1. The third-order valence-electron chi connectivity index (χ3n) is 3.49. The first kappa shape index (κ1) is 14.8. The van der Waals surface area contributed by atoms with Crippen LogP contribution in [0.25, 0.3) is 0 Å². The zero-order valence-electron chi connectivity index (χ0n) is 12.0. The highest BCUT2D eigenvalue weighted by Gasteiger charge is 2.11. The maximum Gasteiger partial charge on any atom is 0.0720 e. The van der Waals surface area contributed by atoms with Crippen LogP contribution in [0.4, 0.5) is 0 Å². The van der Waals surface area contributed by atoms with Gasteiger partial charge in [-0.25, -0.2) is 0 Å². The van der Waals surface area contributed by atoms with Crippen LogP contribution in [-0.2, 0) is 17.8 Å². The molecule has 1 unspecified atom stereocenters. The van der Waals surface area contributed by atoms with E-state index >= 15 is 0 Å². The minimum atomic E-state index is 0.0568. The molecule has 0 radical (unpaired) electrons. The molecular weight excluding hydrogens is 248 g/mol. The van der Waals surface area contributed by atoms with E-state index in [1.54, 1.807) is 0 Å². The molecule has 0 aliphatic carbocycles. The second kappa shape index (κ2) is 7.83. The highest BCUT2D eigenvalue weighted by atomic mass is 16.5. The lowest BCUT2D eigenvalue weighted by Crippen LogP contribution is -2.18. The van der Waals surface area contributed by atoms with Gasteiger partial charge in [0.1, 0.15) is 0 Å². The molecule has 2 aromatic carbocycles. The molecule has 0 aromatic heterocycles. The molecule has 0 fully saturated rings. The standard InChI is InChI=1S/C18H22O2/c1-15-7-5-6-10-17(15)13-18(11-12-19)20-14-16-8-3-2-4-9-16/h2-10,18-19H,11-14H2,1H3. The maximum atomic E-state index is 9.20. The van der Waals surface area contributed by atoms with Crippen molar-refractivity contribution in [3.05, 3.63) is 71.3 Å². The summed E-state index contributed by atoms with van der Waals surface area (Å²) in [6, 6.07) is 18.5. The van der Waals surface area contributed by atoms with Gasteiger partial charge in [0.05, 0.1) is 12.7 Å². The van der Waals surface area contributed by atoms with Gasteiger partial charge in [-0.05, 0) is 36.5 Å². The fourth-order valence-corrected chi connectivity index (χ4v) is 2.26. The van der Waals surface area contributed by atoms with Gasteiger partial charge in [-0.3, -0.25) is 0 Å². The Morgan fingerprint density at radius 2 is 1.70 bits per heavy atom. The summed E-state index contributed by atoms with van der Waals surface area (Å²) in [5, 5.41) is 9.20. The Morgan fingerprint density at radius 3 is 2.40 bits per heavy atom. The van der Waals surface area contributed by atoms with E-state index in [2.05, 4.69) is 37.3 Å². The van der Waals surface area contributed by atoms with Crippen LogP contribution >= 0.6 is 0 Å². The third-order valence-corrected chi connectivity index (χ3v) is 3.49. The van der Waals surface area contributed by atoms with E-state index < -0.39 is 0 Å². The summed E-state index contributed by atoms with van der Waals surface area (Å²) < 4.78 is 5.97. The van der Waals surface area contributed by atoms with Gasteiger partial charge in [0.15, 0.2) is 0 Å². The Morgan fingerprint density at radius 1 is 1.00 bits per heavy atom. The second-order valence-electron chi connectivity index (χ2n) is 5.06. The van der Waals surface area contributed by atoms with Crippen LogP contribution in [0.1, 0.15) is 23.1 Å². The molecule has 20 heavy (non-hydrogen) atoms. The van der Waals surface area contributed by atoms with Gasteiger partial charge in [-0.2, -0.15) is 0 Å². The highest BCUT2D eigenvalue weighted by Crippen LogP contribution is 2.15. The lowest BCUT2D eigenvalue weighted by atomic mass is 10.0. The zero-order chi connectivity index (χ0) is 14.2. The van der Waals surface area contributed by atoms with E-state index in [4.69, 9.17) is 4.74 Å². The van der Waals surface area contributed by atoms with Crippen molar-refractivity contribution in [3.8, 4) is 0 Å². The Balaban J connectivity index is 1.95. The molecular formula is C18H22O2. The number of hydrogen-bond acceptors (Lipinski definition) is 2. The smallest absolute Gasteiger partial charge is 0.0720 e. The van der Waals surface area contributed by atoms with E-state index in [-0.39, 0.29) is 12.7 Å². The molecule has 106 valence electrons. The fourth-order valence-electron chi connectivity index (χ4n) is 2.26. The largest absolute Gasteiger partial charge is 0.396 e. The number of aryl methyl sites for hydroxylation is 1. The maximum absolute atomic E-state index is 9.20. The van der Waals surface area contributed by atoms with E-state index in [1.165, 1.54) is 16.7 Å². The lowest BCUT2D eigenvalue weighted by molar-refractivity contribution is 0.0245. The molecule has 0 heterocycles. The number of rotatable bonds is 7. The van der Waals surface area contributed by atoms with Crippen LogP contribution in [0.3, 0.4) is 0 Å². The van der Waals surface area contributed by atoms with Gasteiger partial charge >= 0.3 is 0 Å². The Labute approximate surface area is 121 Å². The Kier molecular flexibility index (Phi) is 5.78. The quantitative estimate of drug-likeness (QED) is 0.834. The second-order valence-corrected chi connectivity index (χ2v) is 5.06. The summed E-state index contributed by atoms with van der Waals surface area (Å²) in [5.74, 6) is 0. The number of ether oxygens (including phenoxy) is 1. The van der Waals surface area contributed by atoms with Gasteiger partial charge in [0.2, 0.25) is 0 Å². The van der Waals surface area contributed by atoms with Crippen molar-refractivity contribution in [2.45, 2.75) is 32.5 Å². The van der Waals surface area contributed by atoms with Crippen molar-refractivity contribution in [2.75, 3.05) is 6.61 Å². The number of aliphatic hydroxyl groups excluding tert-OH is 1. The van der Waals surface area contributed by atoms with Gasteiger partial charge in [0, 0.05) is 6.61 Å². The Hall–Kier alpha value is -1.64. The normalized spacial score (nSPS) is 12.3. The first-order chi connectivity index (χ1) is 9.79. The number of aliphatic hydroxyl groups is 1. The summed E-state index contributed by atoms with van der Waals surface area (Å²) in [5.41, 5.74) is 3.73. The van der Waals surface area contributed by atoms with Crippen LogP contribution in [0.5, 0.6) is 0 Å². The minimum Gasteiger partial charge on any atom is -0.396 e. The van der Waals surface area contributed by atoms with Gasteiger partial charge in [0.25, 0.3) is 0 Å². The van der Waals surface area contributed by atoms with Crippen molar-refractivity contribution in [1.82, 2.24) is 0 Å². The SMILES string of the molecule is Cc1ccccc1CC(CCO)OCc1ccccc1. The van der Waals surface area contributed by atoms with E-state index in [0.717, 1.165) is 6.42 Å². The van der Waals surface area contributed by atoms with E-state index in [0.29, 0.717) is 13.0 Å². The zero-order valence-corrected chi connectivity index (χ0v) is 12.0. The van der Waals surface area contributed by atoms with Crippen LogP contribution in [0.15, 0.2) is 54.6 Å². The van der Waals surface area contributed by atoms with Crippen LogP contribution in [0, 0.1) is 6.92 Å². The molecule has 0 amide bonds. The van der Waals surface area contributed by atoms with Gasteiger partial charge < -0.3 is 9.84 Å². The molecule has 0 saturated carbocycles. The third kappa shape index (κ3) is 4.48. The van der Waals surface area contributed by atoms with Gasteiger partial charge in [-0.15, -0.1) is 0 Å². The van der Waals surface area contributed by atoms with Crippen molar-refractivity contribution in [3.63, 3.8) is 0 Å². The van der Waals surface area contributed by atoms with Gasteiger partial charge in [-0.1, -0.05) is 54.6 Å². The Bertz CT molecular complexity index is 508. The molecule has 1 atom stereocenters. The molecule has 0 bridgehead atoms. The van der Waals surface area contributed by atoms with E-state index in [1.807, 2.05) is 24.3 Å². The van der Waals surface area contributed by atoms with Crippen molar-refractivity contribution in [1.29, 1.82) is 0 Å². The molecule has 0 spiro atoms. The monoisotopic (exact) mass is 270 g/mol. The van der Waals surface area contributed by atoms with E-state index in [9.17, 15) is 5.11 Å². The predicted molar refractivity (Wildman–Crippen MR) is 81.6 cm³/mol. The molecule has 0 saturated heterocycles. The first-order valence-electron chi connectivity index (χ1n) is 7.10. The molecule has 0 aliphatic rings. The van der Waals surface area contributed by atoms with Crippen LogP contribution < -0.4 is 0 Å². The first-order valence-corrected chi connectivity index (χ1v) is 7.10. The van der Waals surface area contributed by atoms with Crippen molar-refractivity contribution in [2.24, 2.45) is 0 Å². The topological polar surface area (TPSA) is 29.5 Å². The van der Waals surface area contributed by atoms with Crippen LogP contribution in [0.2, 0.25) is 0 Å². The fraction of sp³-hybridized carbons (Fsp3) is 0.333. The summed E-state index contributed by atoms with van der Waals surface area (Å²) in [6.07, 6.45) is 1.57. The number of benzene rings is 2. The molecule has 1 N–H and O–H groups in total. The summed E-state index contributed by atoms with van der Waals surface area (Å²) >= 11 is 0. The molecule has 2 aromatic rings. The average molecular weight is 270 g/mol. The molecule has 0 aliphatic heterocycles. The summed E-state index contributed by atoms with van der Waals surface area (Å²) in [7, 11) is 0. The minimum absolute atomic E-state index is 0.0568. The van der Waals surface area contributed by atoms with Crippen molar-refractivity contribution < 1.29 is 9.84 Å². The van der Waals surface area contributed by atoms with Crippen molar-refractivity contribution >= 4 is 0 Å². The average Bonchev–Trinajstić information content (AvgIpc) is 2.48. The molecule has 2 heteroatoms. The molecule has 2 rings (SSSR count). The predicted octanol–water partition coefficient (Wildman–Crippen LogP) is 3.51. The lowest BCUT2D eigenvalue weighted by Gasteiger charge is -2.18.